The monoisotopic (exact) mass is 214 g/mol. The molecule has 0 saturated heterocycles. The fourth-order valence-corrected chi connectivity index (χ4v) is 1.86. The summed E-state index contributed by atoms with van der Waals surface area (Å²) in [5.41, 5.74) is 4.86. The molecule has 1 aliphatic carbocycles. The van der Waals surface area contributed by atoms with Crippen LogP contribution in [0.4, 0.5) is 0 Å². The normalized spacial score (nSPS) is 20.3. The predicted molar refractivity (Wildman–Crippen MR) is 59.4 cm³/mol. The molecule has 0 aromatic rings. The van der Waals surface area contributed by atoms with E-state index < -0.39 is 5.54 Å². The Balaban J connectivity index is 2.67. The summed E-state index contributed by atoms with van der Waals surface area (Å²) in [6, 6.07) is 0. The molecule has 15 heavy (non-hydrogen) atoms. The van der Waals surface area contributed by atoms with Gasteiger partial charge in [-0.05, 0) is 39.2 Å². The van der Waals surface area contributed by atoms with Gasteiger partial charge in [-0.15, -0.1) is 0 Å². The van der Waals surface area contributed by atoms with Crippen LogP contribution in [0.15, 0.2) is 0 Å². The van der Waals surface area contributed by atoms with Crippen LogP contribution in [0.5, 0.6) is 0 Å². The van der Waals surface area contributed by atoms with Gasteiger partial charge in [0.25, 0.3) is 0 Å². The molecule has 4 nitrogen and oxygen atoms in total. The van der Waals surface area contributed by atoms with Gasteiger partial charge in [0, 0.05) is 0 Å². The molecule has 1 amide bonds. The van der Waals surface area contributed by atoms with Crippen molar-refractivity contribution in [2.45, 2.75) is 45.3 Å². The number of nitrogens with two attached hydrogens (primary N) is 1. The summed E-state index contributed by atoms with van der Waals surface area (Å²) in [5.74, 6) is 0.0706. The molecule has 0 aliphatic heterocycles. The van der Waals surface area contributed by atoms with E-state index in [1.54, 1.807) is 0 Å². The van der Waals surface area contributed by atoms with Crippen molar-refractivity contribution in [1.29, 1.82) is 0 Å². The van der Waals surface area contributed by atoms with Crippen LogP contribution in [-0.2, 0) is 9.53 Å². The summed E-state index contributed by atoms with van der Waals surface area (Å²) in [7, 11) is 0. The minimum absolute atomic E-state index is 0.126. The molecule has 0 spiro atoms. The summed E-state index contributed by atoms with van der Waals surface area (Å²) >= 11 is 0. The Hall–Kier alpha value is -0.610. The van der Waals surface area contributed by atoms with Crippen molar-refractivity contribution in [2.75, 3.05) is 13.2 Å². The molecule has 1 fully saturated rings. The number of primary amides is 1. The number of nitrogens with one attached hydrogen (secondary N) is 1. The van der Waals surface area contributed by atoms with Gasteiger partial charge in [0.05, 0.1) is 12.7 Å². The zero-order valence-corrected chi connectivity index (χ0v) is 9.88. The van der Waals surface area contributed by atoms with Gasteiger partial charge in [0.2, 0.25) is 5.91 Å². The second-order valence-corrected chi connectivity index (χ2v) is 4.50. The van der Waals surface area contributed by atoms with Gasteiger partial charge in [-0.1, -0.05) is 6.92 Å². The molecule has 0 heterocycles. The van der Waals surface area contributed by atoms with E-state index in [1.165, 1.54) is 0 Å². The average Bonchev–Trinajstić information content (AvgIpc) is 2.94. The third kappa shape index (κ3) is 2.92. The molecule has 4 heteroatoms. The highest BCUT2D eigenvalue weighted by atomic mass is 16.5. The van der Waals surface area contributed by atoms with Gasteiger partial charge in [-0.25, -0.2) is 0 Å². The van der Waals surface area contributed by atoms with Gasteiger partial charge in [0.15, 0.2) is 0 Å². The summed E-state index contributed by atoms with van der Waals surface area (Å²) in [5, 5.41) is 3.21. The minimum Gasteiger partial charge on any atom is -0.376 e. The first-order chi connectivity index (χ1) is 7.03. The summed E-state index contributed by atoms with van der Waals surface area (Å²) in [4.78, 5) is 11.6. The zero-order chi connectivity index (χ0) is 11.5. The lowest BCUT2D eigenvalue weighted by Crippen LogP contribution is -2.60. The maximum atomic E-state index is 11.6. The molecule has 1 atom stereocenters. The Morgan fingerprint density at radius 3 is 2.53 bits per heavy atom. The maximum absolute atomic E-state index is 11.6. The quantitative estimate of drug-likeness (QED) is 0.654. The van der Waals surface area contributed by atoms with Gasteiger partial charge in [-0.3, -0.25) is 4.79 Å². The van der Waals surface area contributed by atoms with Crippen LogP contribution in [0.25, 0.3) is 0 Å². The third-order valence-electron chi connectivity index (χ3n) is 2.85. The van der Waals surface area contributed by atoms with Gasteiger partial charge >= 0.3 is 0 Å². The van der Waals surface area contributed by atoms with Gasteiger partial charge in [0.1, 0.15) is 5.54 Å². The van der Waals surface area contributed by atoms with E-state index in [2.05, 4.69) is 5.32 Å². The summed E-state index contributed by atoms with van der Waals surface area (Å²) < 4.78 is 5.56. The lowest BCUT2D eigenvalue weighted by molar-refractivity contribution is -0.129. The summed E-state index contributed by atoms with van der Waals surface area (Å²) in [6.45, 7) is 7.03. The topological polar surface area (TPSA) is 64.3 Å². The van der Waals surface area contributed by atoms with Crippen LogP contribution >= 0.6 is 0 Å². The molecular weight excluding hydrogens is 192 g/mol. The van der Waals surface area contributed by atoms with Crippen LogP contribution < -0.4 is 11.1 Å². The number of amides is 1. The lowest BCUT2D eigenvalue weighted by Gasteiger charge is -2.32. The fourth-order valence-electron chi connectivity index (χ4n) is 1.86. The van der Waals surface area contributed by atoms with E-state index in [1.807, 2.05) is 20.8 Å². The number of carbonyl (C=O) groups is 1. The van der Waals surface area contributed by atoms with E-state index in [0.717, 1.165) is 19.4 Å². The Labute approximate surface area is 91.5 Å². The molecule has 1 saturated carbocycles. The van der Waals surface area contributed by atoms with E-state index in [-0.39, 0.29) is 12.0 Å². The van der Waals surface area contributed by atoms with E-state index in [9.17, 15) is 4.79 Å². The number of carbonyl (C=O) groups excluding carboxylic acids is 1. The van der Waals surface area contributed by atoms with Crippen molar-refractivity contribution in [3.63, 3.8) is 0 Å². The second kappa shape index (κ2) is 4.94. The second-order valence-electron chi connectivity index (χ2n) is 4.50. The molecule has 1 rings (SSSR count). The number of likely N-dealkylation sites (N-methyl/N-ethyl adjacent to an activating group) is 1. The lowest BCUT2D eigenvalue weighted by atomic mass is 9.93. The molecule has 0 aromatic heterocycles. The Morgan fingerprint density at radius 2 is 2.20 bits per heavy atom. The molecule has 0 radical (unpaired) electrons. The van der Waals surface area contributed by atoms with Crippen LogP contribution in [0, 0.1) is 5.92 Å². The third-order valence-corrected chi connectivity index (χ3v) is 2.85. The van der Waals surface area contributed by atoms with Crippen molar-refractivity contribution < 1.29 is 9.53 Å². The molecule has 0 aromatic carbocycles. The number of hydrogen-bond acceptors (Lipinski definition) is 3. The minimum atomic E-state index is -0.640. The smallest absolute Gasteiger partial charge is 0.240 e. The van der Waals surface area contributed by atoms with Crippen LogP contribution in [0.3, 0.4) is 0 Å². The fraction of sp³-hybridized carbons (Fsp3) is 0.909. The molecule has 1 aliphatic rings. The largest absolute Gasteiger partial charge is 0.376 e. The van der Waals surface area contributed by atoms with Crippen molar-refractivity contribution >= 4 is 5.91 Å². The first-order valence-electron chi connectivity index (χ1n) is 5.69. The first kappa shape index (κ1) is 12.5. The van der Waals surface area contributed by atoms with Crippen molar-refractivity contribution in [3.05, 3.63) is 0 Å². The van der Waals surface area contributed by atoms with Crippen molar-refractivity contribution in [2.24, 2.45) is 11.7 Å². The highest BCUT2D eigenvalue weighted by Crippen LogP contribution is 2.40. The predicted octanol–water partition coefficient (Wildman–Crippen LogP) is 0.655. The number of rotatable bonds is 7. The van der Waals surface area contributed by atoms with E-state index in [0.29, 0.717) is 12.5 Å². The van der Waals surface area contributed by atoms with Gasteiger partial charge < -0.3 is 15.8 Å². The van der Waals surface area contributed by atoms with Crippen LogP contribution in [0.2, 0.25) is 0 Å². The number of ether oxygens (including phenoxy) is 1. The van der Waals surface area contributed by atoms with Crippen LogP contribution in [0.1, 0.15) is 33.6 Å². The van der Waals surface area contributed by atoms with Gasteiger partial charge in [-0.2, -0.15) is 0 Å². The Bertz CT molecular complexity index is 227. The zero-order valence-electron chi connectivity index (χ0n) is 9.88. The average molecular weight is 214 g/mol. The molecule has 1 unspecified atom stereocenters. The molecule has 88 valence electrons. The first-order valence-corrected chi connectivity index (χ1v) is 5.69. The highest BCUT2D eigenvalue weighted by Gasteiger charge is 2.49. The Kier molecular flexibility index (Phi) is 4.11. The molecule has 0 bridgehead atoms. The van der Waals surface area contributed by atoms with E-state index >= 15 is 0 Å². The molecule has 3 N–H and O–H groups in total. The van der Waals surface area contributed by atoms with E-state index in [4.69, 9.17) is 10.5 Å². The number of hydrogen-bond donors (Lipinski definition) is 2. The Morgan fingerprint density at radius 1 is 1.60 bits per heavy atom. The highest BCUT2D eigenvalue weighted by molar-refractivity contribution is 5.85. The SMILES string of the molecule is CCNC(COC(C)C)(C(N)=O)C1CC1. The summed E-state index contributed by atoms with van der Waals surface area (Å²) in [6.07, 6.45) is 2.26. The van der Waals surface area contributed by atoms with Crippen molar-refractivity contribution in [1.82, 2.24) is 5.32 Å². The standard InChI is InChI=1S/C11H22N2O2/c1-4-13-11(10(12)14,9-5-6-9)7-15-8(2)3/h8-9,13H,4-7H2,1-3H3,(H2,12,14). The van der Waals surface area contributed by atoms with Crippen molar-refractivity contribution in [3.8, 4) is 0 Å². The molecular formula is C11H22N2O2. The van der Waals surface area contributed by atoms with Crippen LogP contribution in [-0.4, -0.2) is 30.7 Å². The maximum Gasteiger partial charge on any atom is 0.240 e.